The van der Waals surface area contributed by atoms with E-state index in [1.54, 1.807) is 7.11 Å². The summed E-state index contributed by atoms with van der Waals surface area (Å²) in [4.78, 5) is 0.192. The van der Waals surface area contributed by atoms with Crippen molar-refractivity contribution < 1.29 is 4.74 Å². The molecule has 0 saturated carbocycles. The van der Waals surface area contributed by atoms with E-state index in [1.807, 2.05) is 12.1 Å². The third-order valence-corrected chi connectivity index (χ3v) is 5.44. The van der Waals surface area contributed by atoms with Gasteiger partial charge >= 0.3 is 0 Å². The summed E-state index contributed by atoms with van der Waals surface area (Å²) in [7, 11) is 1.70. The Hall–Kier alpha value is -2.32. The highest BCUT2D eigenvalue weighted by Gasteiger charge is 2.30. The van der Waals surface area contributed by atoms with Crippen molar-refractivity contribution in [3.05, 3.63) is 101 Å². The Bertz CT molecular complexity index is 895. The van der Waals surface area contributed by atoms with E-state index in [1.165, 1.54) is 33.4 Å². The molecule has 0 fully saturated rings. The second-order valence-electron chi connectivity index (χ2n) is 5.83. The topological polar surface area (TPSA) is 9.23 Å². The van der Waals surface area contributed by atoms with E-state index in [9.17, 15) is 0 Å². The molecule has 0 N–H and O–H groups in total. The standard InChI is InChI=1S/C22H17BrO/c1-24-17-13-11-16(12-14-17)21-20(15-7-3-2-4-8-15)18-9-5-6-10-19(18)22(21)23/h2-14,22H,1H3. The molecule has 1 unspecified atom stereocenters. The van der Waals surface area contributed by atoms with Gasteiger partial charge in [0, 0.05) is 0 Å². The molecule has 1 aliphatic carbocycles. The number of halogens is 1. The van der Waals surface area contributed by atoms with Crippen LogP contribution in [0.5, 0.6) is 5.75 Å². The third kappa shape index (κ3) is 2.47. The number of hydrogen-bond donors (Lipinski definition) is 0. The van der Waals surface area contributed by atoms with E-state index in [-0.39, 0.29) is 4.83 Å². The largest absolute Gasteiger partial charge is 0.497 e. The van der Waals surface area contributed by atoms with Gasteiger partial charge in [0.2, 0.25) is 0 Å². The Morgan fingerprint density at radius 2 is 1.42 bits per heavy atom. The molecule has 0 saturated heterocycles. The zero-order valence-corrected chi connectivity index (χ0v) is 15.0. The smallest absolute Gasteiger partial charge is 0.118 e. The highest BCUT2D eigenvalue weighted by atomic mass is 79.9. The number of allylic oxidation sites excluding steroid dienone is 1. The average molecular weight is 377 g/mol. The first kappa shape index (κ1) is 15.2. The Labute approximate surface area is 150 Å². The van der Waals surface area contributed by atoms with Gasteiger partial charge in [0.25, 0.3) is 0 Å². The van der Waals surface area contributed by atoms with Gasteiger partial charge < -0.3 is 4.74 Å². The quantitative estimate of drug-likeness (QED) is 0.501. The maximum Gasteiger partial charge on any atom is 0.118 e. The molecule has 4 rings (SSSR count). The molecule has 2 heteroatoms. The Balaban J connectivity index is 1.96. The van der Waals surface area contributed by atoms with Crippen LogP contribution in [0.3, 0.4) is 0 Å². The Morgan fingerprint density at radius 1 is 0.750 bits per heavy atom. The second kappa shape index (κ2) is 6.29. The first-order valence-corrected chi connectivity index (χ1v) is 8.88. The summed E-state index contributed by atoms with van der Waals surface area (Å²) in [6.07, 6.45) is 0. The lowest BCUT2D eigenvalue weighted by Crippen LogP contribution is -1.92. The molecule has 0 aromatic heterocycles. The number of hydrogen-bond acceptors (Lipinski definition) is 1. The second-order valence-corrected chi connectivity index (χ2v) is 6.75. The van der Waals surface area contributed by atoms with Crippen LogP contribution in [0, 0.1) is 0 Å². The first-order valence-electron chi connectivity index (χ1n) is 7.97. The molecule has 0 amide bonds. The lowest BCUT2D eigenvalue weighted by Gasteiger charge is -2.13. The summed E-state index contributed by atoms with van der Waals surface area (Å²) in [5.41, 5.74) is 7.70. The number of fused-ring (bicyclic) bond motifs is 1. The number of rotatable bonds is 3. The Morgan fingerprint density at radius 3 is 2.12 bits per heavy atom. The van der Waals surface area contributed by atoms with Crippen LogP contribution < -0.4 is 4.74 Å². The van der Waals surface area contributed by atoms with Crippen LogP contribution >= 0.6 is 15.9 Å². The van der Waals surface area contributed by atoms with Crippen molar-refractivity contribution in [2.75, 3.05) is 7.11 Å². The van der Waals surface area contributed by atoms with Crippen molar-refractivity contribution in [2.24, 2.45) is 0 Å². The molecular weight excluding hydrogens is 360 g/mol. The summed E-state index contributed by atoms with van der Waals surface area (Å²) >= 11 is 3.92. The molecule has 3 aromatic carbocycles. The predicted octanol–water partition coefficient (Wildman–Crippen LogP) is 6.10. The summed E-state index contributed by atoms with van der Waals surface area (Å²) in [6.45, 7) is 0. The molecular formula is C22H17BrO. The summed E-state index contributed by atoms with van der Waals surface area (Å²) in [6, 6.07) is 27.6. The molecule has 0 radical (unpaired) electrons. The fourth-order valence-electron chi connectivity index (χ4n) is 3.35. The van der Waals surface area contributed by atoms with Gasteiger partial charge in [-0.15, -0.1) is 0 Å². The van der Waals surface area contributed by atoms with E-state index in [0.717, 1.165) is 5.75 Å². The zero-order chi connectivity index (χ0) is 16.5. The fraction of sp³-hybridized carbons (Fsp3) is 0.0909. The van der Waals surface area contributed by atoms with Crippen molar-refractivity contribution in [2.45, 2.75) is 4.83 Å². The SMILES string of the molecule is COc1ccc(C2=C(c3ccccc3)c3ccccc3C2Br)cc1. The molecule has 118 valence electrons. The minimum atomic E-state index is 0.192. The van der Waals surface area contributed by atoms with Gasteiger partial charge in [-0.25, -0.2) is 0 Å². The van der Waals surface area contributed by atoms with Crippen molar-refractivity contribution in [1.29, 1.82) is 0 Å². The number of benzene rings is 3. The minimum absolute atomic E-state index is 0.192. The van der Waals surface area contributed by atoms with Gasteiger partial charge in [0.15, 0.2) is 0 Å². The normalized spacial score (nSPS) is 16.2. The van der Waals surface area contributed by atoms with E-state index in [0.29, 0.717) is 0 Å². The van der Waals surface area contributed by atoms with Crippen LogP contribution in [0.4, 0.5) is 0 Å². The average Bonchev–Trinajstić information content (AvgIpc) is 2.95. The van der Waals surface area contributed by atoms with Gasteiger partial charge in [-0.2, -0.15) is 0 Å². The summed E-state index contributed by atoms with van der Waals surface area (Å²) < 4.78 is 5.30. The number of methoxy groups -OCH3 is 1. The molecule has 0 bridgehead atoms. The van der Waals surface area contributed by atoms with Crippen molar-refractivity contribution in [1.82, 2.24) is 0 Å². The van der Waals surface area contributed by atoms with Gasteiger partial charge in [0.05, 0.1) is 11.9 Å². The predicted molar refractivity (Wildman–Crippen MR) is 103 cm³/mol. The molecule has 0 heterocycles. The maximum absolute atomic E-state index is 5.30. The lowest BCUT2D eigenvalue weighted by atomic mass is 9.94. The fourth-order valence-corrected chi connectivity index (χ4v) is 4.24. The van der Waals surface area contributed by atoms with Gasteiger partial charge in [-0.1, -0.05) is 82.7 Å². The number of alkyl halides is 1. The van der Waals surface area contributed by atoms with Gasteiger partial charge in [0.1, 0.15) is 5.75 Å². The highest BCUT2D eigenvalue weighted by Crippen LogP contribution is 2.52. The van der Waals surface area contributed by atoms with Crippen LogP contribution in [-0.4, -0.2) is 7.11 Å². The maximum atomic E-state index is 5.30. The number of ether oxygens (including phenoxy) is 1. The molecule has 0 aliphatic heterocycles. The lowest BCUT2D eigenvalue weighted by molar-refractivity contribution is 0.415. The van der Waals surface area contributed by atoms with Crippen LogP contribution in [-0.2, 0) is 0 Å². The molecule has 1 atom stereocenters. The zero-order valence-electron chi connectivity index (χ0n) is 13.4. The van der Waals surface area contributed by atoms with E-state index >= 15 is 0 Å². The van der Waals surface area contributed by atoms with Crippen molar-refractivity contribution in [3.8, 4) is 5.75 Å². The van der Waals surface area contributed by atoms with E-state index in [4.69, 9.17) is 4.74 Å². The Kier molecular flexibility index (Phi) is 3.99. The molecule has 24 heavy (non-hydrogen) atoms. The summed E-state index contributed by atoms with van der Waals surface area (Å²) in [5, 5.41) is 0. The van der Waals surface area contributed by atoms with Crippen LogP contribution in [0.15, 0.2) is 78.9 Å². The van der Waals surface area contributed by atoms with Gasteiger partial charge in [-0.05, 0) is 45.5 Å². The highest BCUT2D eigenvalue weighted by molar-refractivity contribution is 9.09. The van der Waals surface area contributed by atoms with Gasteiger partial charge in [-0.3, -0.25) is 0 Å². The van der Waals surface area contributed by atoms with E-state index < -0.39 is 0 Å². The molecule has 1 nitrogen and oxygen atoms in total. The first-order chi connectivity index (χ1) is 11.8. The van der Waals surface area contributed by atoms with Crippen molar-refractivity contribution in [3.63, 3.8) is 0 Å². The van der Waals surface area contributed by atoms with Crippen LogP contribution in [0.2, 0.25) is 0 Å². The van der Waals surface area contributed by atoms with Crippen LogP contribution in [0.1, 0.15) is 27.1 Å². The minimum Gasteiger partial charge on any atom is -0.497 e. The molecule has 1 aliphatic rings. The molecule has 0 spiro atoms. The molecule has 3 aromatic rings. The van der Waals surface area contributed by atoms with E-state index in [2.05, 4.69) is 82.7 Å². The van der Waals surface area contributed by atoms with Crippen molar-refractivity contribution >= 4 is 27.1 Å². The third-order valence-electron chi connectivity index (χ3n) is 4.49. The van der Waals surface area contributed by atoms with Crippen LogP contribution in [0.25, 0.3) is 11.1 Å². The monoisotopic (exact) mass is 376 g/mol. The summed E-state index contributed by atoms with van der Waals surface area (Å²) in [5.74, 6) is 0.877.